The third kappa shape index (κ3) is 2.84. The third-order valence-corrected chi connectivity index (χ3v) is 4.95. The number of hydrogen-bond donors (Lipinski definition) is 2. The summed E-state index contributed by atoms with van der Waals surface area (Å²) in [6, 6.07) is 4.06. The van der Waals surface area contributed by atoms with E-state index in [1.54, 1.807) is 13.1 Å². The van der Waals surface area contributed by atoms with Gasteiger partial charge in [0.2, 0.25) is 0 Å². The van der Waals surface area contributed by atoms with E-state index >= 15 is 0 Å². The Balaban J connectivity index is 1.92. The van der Waals surface area contributed by atoms with Crippen LogP contribution in [0, 0.1) is 0 Å². The van der Waals surface area contributed by atoms with Crippen LogP contribution in [0.25, 0.3) is 16.5 Å². The van der Waals surface area contributed by atoms with E-state index in [9.17, 15) is 9.18 Å². The highest BCUT2D eigenvalue weighted by molar-refractivity contribution is 6.10. The Morgan fingerprint density at radius 3 is 2.84 bits per heavy atom. The van der Waals surface area contributed by atoms with Gasteiger partial charge in [-0.15, -0.1) is 0 Å². The molecule has 5 heteroatoms. The zero-order valence-electron chi connectivity index (χ0n) is 14.2. The van der Waals surface area contributed by atoms with Crippen molar-refractivity contribution < 1.29 is 13.6 Å². The number of benzene rings is 1. The number of amides is 1. The predicted molar refractivity (Wildman–Crippen MR) is 97.4 cm³/mol. The predicted octanol–water partition coefficient (Wildman–Crippen LogP) is 4.57. The fraction of sp³-hybridized carbons (Fsp3) is 0.350. The van der Waals surface area contributed by atoms with Crippen LogP contribution in [0.15, 0.2) is 34.5 Å². The summed E-state index contributed by atoms with van der Waals surface area (Å²) in [6.45, 7) is 0.948. The number of allylic oxidation sites excluding steroid dienone is 4. The molecule has 130 valence electrons. The van der Waals surface area contributed by atoms with Crippen LogP contribution < -0.4 is 10.6 Å². The van der Waals surface area contributed by atoms with Crippen LogP contribution >= 0.6 is 0 Å². The van der Waals surface area contributed by atoms with Crippen molar-refractivity contribution in [2.75, 3.05) is 18.9 Å². The first-order valence-corrected chi connectivity index (χ1v) is 8.78. The molecule has 2 aliphatic rings. The van der Waals surface area contributed by atoms with Crippen LogP contribution in [-0.2, 0) is 6.42 Å². The Hall–Kier alpha value is -2.56. The summed E-state index contributed by atoms with van der Waals surface area (Å²) in [5.41, 5.74) is 4.40. The third-order valence-electron chi connectivity index (χ3n) is 4.95. The molecule has 1 aliphatic carbocycles. The van der Waals surface area contributed by atoms with E-state index < -0.39 is 0 Å². The zero-order chi connectivity index (χ0) is 17.4. The van der Waals surface area contributed by atoms with Gasteiger partial charge in [-0.25, -0.2) is 4.39 Å². The molecule has 1 amide bonds. The lowest BCUT2D eigenvalue weighted by molar-refractivity contribution is 0.0963. The number of furan rings is 1. The summed E-state index contributed by atoms with van der Waals surface area (Å²) >= 11 is 0. The molecule has 0 spiro atoms. The van der Waals surface area contributed by atoms with Crippen LogP contribution in [-0.4, -0.2) is 19.5 Å². The Morgan fingerprint density at radius 2 is 2.08 bits per heavy atom. The number of carbonyl (C=O) groups excluding carboxylic acids is 1. The SMILES string of the molecule is CNC(=O)c1c(C2=CC=C(F)CC2)oc2cc3c(cc12)CCCCN3. The second kappa shape index (κ2) is 6.39. The van der Waals surface area contributed by atoms with Crippen LogP contribution in [0.5, 0.6) is 0 Å². The lowest BCUT2D eigenvalue weighted by atomic mass is 9.96. The first-order chi connectivity index (χ1) is 12.2. The maximum atomic E-state index is 13.3. The van der Waals surface area contributed by atoms with E-state index in [-0.39, 0.29) is 11.7 Å². The molecule has 0 saturated heterocycles. The van der Waals surface area contributed by atoms with Crippen molar-refractivity contribution in [3.8, 4) is 0 Å². The second-order valence-corrected chi connectivity index (χ2v) is 6.58. The maximum Gasteiger partial charge on any atom is 0.255 e. The monoisotopic (exact) mass is 340 g/mol. The molecule has 0 saturated carbocycles. The quantitative estimate of drug-likeness (QED) is 0.842. The fourth-order valence-corrected chi connectivity index (χ4v) is 3.60. The van der Waals surface area contributed by atoms with Crippen molar-refractivity contribution in [3.05, 3.63) is 47.0 Å². The highest BCUT2D eigenvalue weighted by Crippen LogP contribution is 2.38. The Morgan fingerprint density at radius 1 is 1.20 bits per heavy atom. The largest absolute Gasteiger partial charge is 0.455 e. The van der Waals surface area contributed by atoms with E-state index in [4.69, 9.17) is 4.42 Å². The van der Waals surface area contributed by atoms with Gasteiger partial charge in [-0.2, -0.15) is 0 Å². The second-order valence-electron chi connectivity index (χ2n) is 6.58. The number of hydrogen-bond acceptors (Lipinski definition) is 3. The Bertz CT molecular complexity index is 908. The molecule has 2 N–H and O–H groups in total. The van der Waals surface area contributed by atoms with Gasteiger partial charge in [0.25, 0.3) is 5.91 Å². The molecule has 1 aromatic heterocycles. The van der Waals surface area contributed by atoms with Gasteiger partial charge in [0.1, 0.15) is 17.2 Å². The van der Waals surface area contributed by atoms with Gasteiger partial charge in [-0.05, 0) is 49.0 Å². The molecular weight excluding hydrogens is 319 g/mol. The van der Waals surface area contributed by atoms with Crippen molar-refractivity contribution in [1.29, 1.82) is 0 Å². The first-order valence-electron chi connectivity index (χ1n) is 8.78. The summed E-state index contributed by atoms with van der Waals surface area (Å²) < 4.78 is 19.4. The van der Waals surface area contributed by atoms with Crippen molar-refractivity contribution in [1.82, 2.24) is 5.32 Å². The number of halogens is 1. The lowest BCUT2D eigenvalue weighted by Gasteiger charge is -2.09. The molecule has 0 bridgehead atoms. The van der Waals surface area contributed by atoms with Gasteiger partial charge in [0.05, 0.1) is 5.56 Å². The van der Waals surface area contributed by atoms with Gasteiger partial charge in [0, 0.05) is 37.2 Å². The summed E-state index contributed by atoms with van der Waals surface area (Å²) in [5.74, 6) is 0.238. The normalized spacial score (nSPS) is 17.2. The molecule has 4 nitrogen and oxygen atoms in total. The summed E-state index contributed by atoms with van der Waals surface area (Å²) in [4.78, 5) is 12.5. The van der Waals surface area contributed by atoms with Gasteiger partial charge in [-0.3, -0.25) is 4.79 Å². The first kappa shape index (κ1) is 15.9. The van der Waals surface area contributed by atoms with Crippen molar-refractivity contribution in [2.45, 2.75) is 32.1 Å². The summed E-state index contributed by atoms with van der Waals surface area (Å²) in [5, 5.41) is 6.98. The number of aryl methyl sites for hydroxylation is 1. The van der Waals surface area contributed by atoms with Crippen LogP contribution in [0.1, 0.15) is 47.4 Å². The number of carbonyl (C=O) groups is 1. The van der Waals surface area contributed by atoms with Gasteiger partial charge >= 0.3 is 0 Å². The molecule has 4 rings (SSSR count). The lowest BCUT2D eigenvalue weighted by Crippen LogP contribution is -2.19. The topological polar surface area (TPSA) is 54.3 Å². The number of nitrogens with one attached hydrogen (secondary N) is 2. The van der Waals surface area contributed by atoms with E-state index in [0.29, 0.717) is 29.7 Å². The van der Waals surface area contributed by atoms with Crippen LogP contribution in [0.4, 0.5) is 10.1 Å². The van der Waals surface area contributed by atoms with Crippen molar-refractivity contribution in [2.24, 2.45) is 0 Å². The van der Waals surface area contributed by atoms with Gasteiger partial charge in [-0.1, -0.05) is 6.08 Å². The van der Waals surface area contributed by atoms with Gasteiger partial charge < -0.3 is 15.1 Å². The minimum absolute atomic E-state index is 0.141. The molecule has 2 aromatic rings. The summed E-state index contributed by atoms with van der Waals surface area (Å²) in [7, 11) is 1.62. The van der Waals surface area contributed by atoms with E-state index in [1.165, 1.54) is 11.6 Å². The minimum atomic E-state index is -0.175. The molecule has 1 aromatic carbocycles. The average Bonchev–Trinajstić information content (AvgIpc) is 2.83. The molecule has 1 aliphatic heterocycles. The highest BCUT2D eigenvalue weighted by atomic mass is 19.1. The number of fused-ring (bicyclic) bond motifs is 2. The standard InChI is InChI=1S/C20H21FN2O2/c1-22-20(24)18-15-10-13-4-2-3-9-23-16(13)11-17(15)25-19(18)12-5-7-14(21)8-6-12/h5,7,10-11,23H,2-4,6,8-9H2,1H3,(H,22,24). The fourth-order valence-electron chi connectivity index (χ4n) is 3.60. The molecule has 25 heavy (non-hydrogen) atoms. The van der Waals surface area contributed by atoms with Gasteiger partial charge in [0.15, 0.2) is 0 Å². The van der Waals surface area contributed by atoms with E-state index in [2.05, 4.69) is 16.7 Å². The number of anilines is 1. The molecule has 0 atom stereocenters. The Kier molecular flexibility index (Phi) is 4.07. The molecule has 0 unspecified atom stereocenters. The minimum Gasteiger partial charge on any atom is -0.455 e. The summed E-state index contributed by atoms with van der Waals surface area (Å²) in [6.07, 6.45) is 7.29. The number of rotatable bonds is 2. The zero-order valence-corrected chi connectivity index (χ0v) is 14.2. The van der Waals surface area contributed by atoms with Crippen molar-refractivity contribution >= 4 is 28.1 Å². The van der Waals surface area contributed by atoms with E-state index in [0.717, 1.165) is 42.5 Å². The molecular formula is C20H21FN2O2. The van der Waals surface area contributed by atoms with E-state index in [1.807, 2.05) is 6.07 Å². The van der Waals surface area contributed by atoms with Crippen LogP contribution in [0.2, 0.25) is 0 Å². The van der Waals surface area contributed by atoms with Crippen molar-refractivity contribution in [3.63, 3.8) is 0 Å². The highest BCUT2D eigenvalue weighted by Gasteiger charge is 2.25. The smallest absolute Gasteiger partial charge is 0.255 e. The maximum absolute atomic E-state index is 13.3. The molecule has 0 radical (unpaired) electrons. The molecule has 2 heterocycles. The van der Waals surface area contributed by atoms with Crippen LogP contribution in [0.3, 0.4) is 0 Å². The Labute approximate surface area is 145 Å². The average molecular weight is 340 g/mol. The molecule has 0 fully saturated rings.